The fourth-order valence-corrected chi connectivity index (χ4v) is 5.63. The normalized spacial score (nSPS) is 20.3. The topological polar surface area (TPSA) is 50.5 Å². The molecule has 0 spiro atoms. The molecule has 0 radical (unpaired) electrons. The van der Waals surface area contributed by atoms with Gasteiger partial charge in [-0.2, -0.15) is 0 Å². The van der Waals surface area contributed by atoms with Gasteiger partial charge < -0.3 is 20.1 Å². The van der Waals surface area contributed by atoms with Crippen molar-refractivity contribution in [1.29, 1.82) is 0 Å². The number of hydrogen-bond donors (Lipinski definition) is 3. The number of nitrogens with two attached hydrogens (primary N) is 1. The molecule has 2 fully saturated rings. The van der Waals surface area contributed by atoms with Gasteiger partial charge in [-0.15, -0.1) is 0 Å². The molecule has 1 aliphatic heterocycles. The van der Waals surface area contributed by atoms with Gasteiger partial charge in [-0.3, -0.25) is 0 Å². The molecule has 1 atom stereocenters. The maximum Gasteiger partial charge on any atom is 0.147 e. The van der Waals surface area contributed by atoms with Gasteiger partial charge in [0.15, 0.2) is 0 Å². The Morgan fingerprint density at radius 3 is 2.19 bits per heavy atom. The Morgan fingerprint density at radius 1 is 0.839 bits per heavy atom. The van der Waals surface area contributed by atoms with Gasteiger partial charge in [0.1, 0.15) is 37.1 Å². The van der Waals surface area contributed by atoms with Crippen molar-refractivity contribution in [2.45, 2.75) is 63.0 Å². The van der Waals surface area contributed by atoms with E-state index in [9.17, 15) is 5.11 Å². The number of rotatable bonds is 9. The first-order valence-electron chi connectivity index (χ1n) is 12.4. The van der Waals surface area contributed by atoms with E-state index in [1.165, 1.54) is 75.6 Å². The highest BCUT2D eigenvalue weighted by atomic mass is 16.5. The maximum atomic E-state index is 10.5. The first-order valence-corrected chi connectivity index (χ1v) is 12.4. The van der Waals surface area contributed by atoms with Crippen LogP contribution >= 0.6 is 0 Å². The minimum Gasteiger partial charge on any atom is -0.491 e. The molecule has 1 saturated carbocycles. The molecular weight excluding hydrogens is 384 g/mol. The number of piperidine rings is 1. The molecule has 4 N–H and O–H groups in total. The molecule has 2 aliphatic rings. The van der Waals surface area contributed by atoms with Gasteiger partial charge in [-0.05, 0) is 55.4 Å². The highest BCUT2D eigenvalue weighted by molar-refractivity contribution is 5.63. The van der Waals surface area contributed by atoms with E-state index in [1.54, 1.807) is 0 Å². The summed E-state index contributed by atoms with van der Waals surface area (Å²) in [6.07, 6.45) is 10.6. The quantitative estimate of drug-likeness (QED) is 0.579. The number of ether oxygens (including phenoxy) is 1. The SMILES string of the molecule is O[C@@H](C[NH2+]CC1([NH+]2CCCCC2)CCCCC1)COc1ccc(-c2ccccc2)cc1. The average molecular weight is 425 g/mol. The van der Waals surface area contributed by atoms with Crippen LogP contribution in [0.15, 0.2) is 54.6 Å². The standard InChI is InChI=1S/C27H38N2O2/c30-25(21-31-26-14-12-24(13-15-26)23-10-4-1-5-11-23)20-28-22-27(16-6-2-7-17-27)29-18-8-3-9-19-29/h1,4-5,10-15,25,28,30H,2-3,6-9,16-22H2/p+2/t25-/m0/s1. The van der Waals surface area contributed by atoms with Crippen LogP contribution < -0.4 is 15.0 Å². The van der Waals surface area contributed by atoms with E-state index in [-0.39, 0.29) is 0 Å². The summed E-state index contributed by atoms with van der Waals surface area (Å²) in [4.78, 5) is 1.85. The van der Waals surface area contributed by atoms with Crippen molar-refractivity contribution in [1.82, 2.24) is 0 Å². The molecule has 1 heterocycles. The smallest absolute Gasteiger partial charge is 0.147 e. The van der Waals surface area contributed by atoms with Crippen LogP contribution in [0.4, 0.5) is 0 Å². The summed E-state index contributed by atoms with van der Waals surface area (Å²) in [6.45, 7) is 4.91. The molecule has 4 heteroatoms. The van der Waals surface area contributed by atoms with Crippen LogP contribution in [0, 0.1) is 0 Å². The lowest BCUT2D eigenvalue weighted by Crippen LogP contribution is -3.24. The fourth-order valence-electron chi connectivity index (χ4n) is 5.63. The lowest BCUT2D eigenvalue weighted by Gasteiger charge is -2.43. The van der Waals surface area contributed by atoms with Gasteiger partial charge in [-0.25, -0.2) is 0 Å². The van der Waals surface area contributed by atoms with Gasteiger partial charge in [-0.1, -0.05) is 48.9 Å². The second-order valence-electron chi connectivity index (χ2n) is 9.59. The van der Waals surface area contributed by atoms with Crippen LogP contribution in [0.5, 0.6) is 5.75 Å². The first-order chi connectivity index (χ1) is 15.3. The number of likely N-dealkylation sites (tertiary alicyclic amines) is 1. The Hall–Kier alpha value is -1.88. The Balaban J connectivity index is 1.23. The van der Waals surface area contributed by atoms with E-state index in [0.717, 1.165) is 18.8 Å². The lowest BCUT2D eigenvalue weighted by atomic mass is 9.79. The van der Waals surface area contributed by atoms with Crippen molar-refractivity contribution < 1.29 is 20.1 Å². The highest BCUT2D eigenvalue weighted by Crippen LogP contribution is 2.25. The predicted octanol–water partition coefficient (Wildman–Crippen LogP) is 2.43. The zero-order chi connectivity index (χ0) is 21.4. The summed E-state index contributed by atoms with van der Waals surface area (Å²) < 4.78 is 5.87. The van der Waals surface area contributed by atoms with Crippen LogP contribution in [0.25, 0.3) is 11.1 Å². The van der Waals surface area contributed by atoms with E-state index in [2.05, 4.69) is 41.7 Å². The van der Waals surface area contributed by atoms with E-state index in [4.69, 9.17) is 4.74 Å². The maximum absolute atomic E-state index is 10.5. The van der Waals surface area contributed by atoms with E-state index in [0.29, 0.717) is 12.1 Å². The van der Waals surface area contributed by atoms with E-state index < -0.39 is 6.10 Å². The second kappa shape index (κ2) is 11.1. The predicted molar refractivity (Wildman–Crippen MR) is 125 cm³/mol. The molecule has 1 aliphatic carbocycles. The Kier molecular flexibility index (Phi) is 8.01. The molecule has 4 rings (SSSR count). The van der Waals surface area contributed by atoms with E-state index in [1.807, 2.05) is 23.1 Å². The largest absolute Gasteiger partial charge is 0.491 e. The third-order valence-corrected chi connectivity index (χ3v) is 7.40. The molecule has 2 aromatic rings. The Morgan fingerprint density at radius 2 is 1.48 bits per heavy atom. The molecule has 0 amide bonds. The highest BCUT2D eigenvalue weighted by Gasteiger charge is 2.43. The van der Waals surface area contributed by atoms with Crippen LogP contribution in [-0.4, -0.2) is 49.5 Å². The van der Waals surface area contributed by atoms with Crippen LogP contribution in [0.3, 0.4) is 0 Å². The summed E-state index contributed by atoms with van der Waals surface area (Å²) in [5, 5.41) is 12.9. The third-order valence-electron chi connectivity index (χ3n) is 7.40. The van der Waals surface area contributed by atoms with Crippen molar-refractivity contribution in [2.24, 2.45) is 0 Å². The number of aliphatic hydroxyl groups excluding tert-OH is 1. The zero-order valence-electron chi connectivity index (χ0n) is 18.9. The van der Waals surface area contributed by atoms with Crippen LogP contribution in [-0.2, 0) is 0 Å². The van der Waals surface area contributed by atoms with E-state index >= 15 is 0 Å². The summed E-state index contributed by atoms with van der Waals surface area (Å²) in [7, 11) is 0. The number of quaternary nitrogens is 2. The minimum absolute atomic E-state index is 0.352. The molecule has 4 nitrogen and oxygen atoms in total. The molecule has 0 aromatic heterocycles. The van der Waals surface area contributed by atoms with Crippen molar-refractivity contribution in [3.63, 3.8) is 0 Å². The molecule has 31 heavy (non-hydrogen) atoms. The van der Waals surface area contributed by atoms with Crippen LogP contribution in [0.2, 0.25) is 0 Å². The summed E-state index contributed by atoms with van der Waals surface area (Å²) >= 11 is 0. The minimum atomic E-state index is -0.439. The van der Waals surface area contributed by atoms with Crippen LogP contribution in [0.1, 0.15) is 51.4 Å². The summed E-state index contributed by atoms with van der Waals surface area (Å²) in [6, 6.07) is 18.5. The van der Waals surface area contributed by atoms with Crippen molar-refractivity contribution in [3.05, 3.63) is 54.6 Å². The van der Waals surface area contributed by atoms with Gasteiger partial charge >= 0.3 is 0 Å². The van der Waals surface area contributed by atoms with Crippen molar-refractivity contribution in [2.75, 3.05) is 32.8 Å². The fraction of sp³-hybridized carbons (Fsp3) is 0.556. The number of benzene rings is 2. The van der Waals surface area contributed by atoms with Gasteiger partial charge in [0.2, 0.25) is 0 Å². The van der Waals surface area contributed by atoms with Crippen molar-refractivity contribution >= 4 is 0 Å². The average Bonchev–Trinajstić information content (AvgIpc) is 2.85. The summed E-state index contributed by atoms with van der Waals surface area (Å²) in [5.41, 5.74) is 2.82. The van der Waals surface area contributed by atoms with Crippen molar-refractivity contribution in [3.8, 4) is 16.9 Å². The molecular formula is C27H40N2O2+2. The number of aliphatic hydroxyl groups is 1. The van der Waals surface area contributed by atoms with Gasteiger partial charge in [0, 0.05) is 12.8 Å². The molecule has 0 bridgehead atoms. The second-order valence-corrected chi connectivity index (χ2v) is 9.59. The monoisotopic (exact) mass is 424 g/mol. The Labute approximate surface area is 187 Å². The lowest BCUT2D eigenvalue weighted by molar-refractivity contribution is -0.972. The number of nitrogens with one attached hydrogen (secondary N) is 1. The number of hydrogen-bond acceptors (Lipinski definition) is 2. The molecule has 0 unspecified atom stereocenters. The molecule has 1 saturated heterocycles. The molecule has 2 aromatic carbocycles. The Bertz CT molecular complexity index is 766. The zero-order valence-corrected chi connectivity index (χ0v) is 18.9. The molecule has 168 valence electrons. The third kappa shape index (κ3) is 6.09. The van der Waals surface area contributed by atoms with Gasteiger partial charge in [0.05, 0.1) is 13.1 Å². The summed E-state index contributed by atoms with van der Waals surface area (Å²) in [5.74, 6) is 0.820. The van der Waals surface area contributed by atoms with Gasteiger partial charge in [0.25, 0.3) is 0 Å². The first kappa shape index (κ1) is 22.3.